The van der Waals surface area contributed by atoms with Gasteiger partial charge < -0.3 is 10.5 Å². The van der Waals surface area contributed by atoms with Gasteiger partial charge in [0, 0.05) is 6.61 Å². The second-order valence-corrected chi connectivity index (χ2v) is 3.26. The average molecular weight is 195 g/mol. The SMILES string of the molecule is CCC(CC)COCC(F)(F)CN. The van der Waals surface area contributed by atoms with Gasteiger partial charge in [-0.1, -0.05) is 26.7 Å². The zero-order chi connectivity index (χ0) is 10.3. The van der Waals surface area contributed by atoms with E-state index in [1.54, 1.807) is 0 Å². The molecule has 0 aromatic rings. The highest BCUT2D eigenvalue weighted by Crippen LogP contribution is 2.13. The van der Waals surface area contributed by atoms with E-state index in [1.807, 2.05) is 13.8 Å². The fourth-order valence-electron chi connectivity index (χ4n) is 0.958. The quantitative estimate of drug-likeness (QED) is 0.674. The van der Waals surface area contributed by atoms with Crippen LogP contribution in [-0.2, 0) is 4.74 Å². The lowest BCUT2D eigenvalue weighted by Crippen LogP contribution is -2.33. The summed E-state index contributed by atoms with van der Waals surface area (Å²) in [5, 5.41) is 0. The third-order valence-electron chi connectivity index (χ3n) is 2.12. The molecule has 0 atom stereocenters. The first-order valence-corrected chi connectivity index (χ1v) is 4.71. The van der Waals surface area contributed by atoms with Gasteiger partial charge >= 0.3 is 0 Å². The van der Waals surface area contributed by atoms with E-state index in [2.05, 4.69) is 0 Å². The van der Waals surface area contributed by atoms with Crippen molar-refractivity contribution in [2.45, 2.75) is 32.6 Å². The third kappa shape index (κ3) is 5.93. The van der Waals surface area contributed by atoms with Gasteiger partial charge in [-0.05, 0) is 5.92 Å². The lowest BCUT2D eigenvalue weighted by atomic mass is 10.1. The summed E-state index contributed by atoms with van der Waals surface area (Å²) in [5.74, 6) is -2.49. The number of nitrogens with two attached hydrogens (primary N) is 1. The third-order valence-corrected chi connectivity index (χ3v) is 2.12. The van der Waals surface area contributed by atoms with Gasteiger partial charge in [-0.2, -0.15) is 0 Å². The molecule has 0 rings (SSSR count). The number of halogens is 2. The van der Waals surface area contributed by atoms with Crippen molar-refractivity contribution in [3.63, 3.8) is 0 Å². The van der Waals surface area contributed by atoms with Crippen LogP contribution in [0.15, 0.2) is 0 Å². The second kappa shape index (κ2) is 6.27. The number of hydrogen-bond acceptors (Lipinski definition) is 2. The van der Waals surface area contributed by atoms with Crippen molar-refractivity contribution >= 4 is 0 Å². The monoisotopic (exact) mass is 195 g/mol. The molecule has 0 fully saturated rings. The molecule has 0 saturated carbocycles. The minimum Gasteiger partial charge on any atom is -0.375 e. The van der Waals surface area contributed by atoms with Crippen LogP contribution < -0.4 is 5.73 Å². The van der Waals surface area contributed by atoms with E-state index in [0.29, 0.717) is 12.5 Å². The minimum atomic E-state index is -2.87. The molecule has 0 unspecified atom stereocenters. The van der Waals surface area contributed by atoms with Crippen LogP contribution in [-0.4, -0.2) is 25.7 Å². The molecule has 0 aliphatic heterocycles. The van der Waals surface area contributed by atoms with Gasteiger partial charge in [0.05, 0.1) is 6.54 Å². The Hall–Kier alpha value is -0.220. The summed E-state index contributed by atoms with van der Waals surface area (Å²) >= 11 is 0. The first-order chi connectivity index (χ1) is 6.05. The summed E-state index contributed by atoms with van der Waals surface area (Å²) < 4.78 is 30.0. The summed E-state index contributed by atoms with van der Waals surface area (Å²) in [4.78, 5) is 0. The van der Waals surface area contributed by atoms with E-state index in [1.165, 1.54) is 0 Å². The smallest absolute Gasteiger partial charge is 0.282 e. The summed E-state index contributed by atoms with van der Waals surface area (Å²) in [7, 11) is 0. The lowest BCUT2D eigenvalue weighted by Gasteiger charge is -2.17. The van der Waals surface area contributed by atoms with Crippen molar-refractivity contribution in [2.24, 2.45) is 11.7 Å². The minimum absolute atomic E-state index is 0.383. The van der Waals surface area contributed by atoms with Crippen molar-refractivity contribution in [3.8, 4) is 0 Å². The first kappa shape index (κ1) is 12.8. The fraction of sp³-hybridized carbons (Fsp3) is 1.00. The van der Waals surface area contributed by atoms with Crippen LogP contribution >= 0.6 is 0 Å². The van der Waals surface area contributed by atoms with E-state index >= 15 is 0 Å². The maximum absolute atomic E-state index is 12.6. The highest BCUT2D eigenvalue weighted by Gasteiger charge is 2.27. The van der Waals surface area contributed by atoms with E-state index in [9.17, 15) is 8.78 Å². The molecular formula is C9H19F2NO. The van der Waals surface area contributed by atoms with Crippen molar-refractivity contribution in [1.82, 2.24) is 0 Å². The molecule has 0 heterocycles. The molecule has 0 aliphatic carbocycles. The summed E-state index contributed by atoms with van der Waals surface area (Å²) in [6.45, 7) is 3.26. The van der Waals surface area contributed by atoms with E-state index in [-0.39, 0.29) is 0 Å². The Labute approximate surface area is 78.4 Å². The van der Waals surface area contributed by atoms with Gasteiger partial charge in [0.2, 0.25) is 0 Å². The van der Waals surface area contributed by atoms with Gasteiger partial charge in [0.15, 0.2) is 0 Å². The van der Waals surface area contributed by atoms with Crippen LogP contribution in [0.3, 0.4) is 0 Å². The summed E-state index contributed by atoms with van der Waals surface area (Å²) in [6.07, 6.45) is 1.93. The Morgan fingerprint density at radius 2 is 1.85 bits per heavy atom. The maximum atomic E-state index is 12.6. The number of alkyl halides is 2. The molecule has 0 aromatic heterocycles. The van der Waals surface area contributed by atoms with E-state index < -0.39 is 19.1 Å². The molecule has 13 heavy (non-hydrogen) atoms. The zero-order valence-corrected chi connectivity index (χ0v) is 8.35. The van der Waals surface area contributed by atoms with Gasteiger partial charge in [-0.25, -0.2) is 8.78 Å². The largest absolute Gasteiger partial charge is 0.375 e. The predicted molar refractivity (Wildman–Crippen MR) is 48.9 cm³/mol. The molecule has 0 saturated heterocycles. The normalized spacial score (nSPS) is 12.5. The first-order valence-electron chi connectivity index (χ1n) is 4.71. The Morgan fingerprint density at radius 1 is 1.31 bits per heavy atom. The highest BCUT2D eigenvalue weighted by atomic mass is 19.3. The lowest BCUT2D eigenvalue weighted by molar-refractivity contribution is -0.0761. The van der Waals surface area contributed by atoms with Gasteiger partial charge in [-0.3, -0.25) is 0 Å². The summed E-state index contributed by atoms with van der Waals surface area (Å²) in [5.41, 5.74) is 4.86. The van der Waals surface area contributed by atoms with E-state index in [0.717, 1.165) is 12.8 Å². The molecule has 0 aromatic carbocycles. The van der Waals surface area contributed by atoms with Gasteiger partial charge in [0.25, 0.3) is 5.92 Å². The molecule has 0 radical (unpaired) electrons. The Bertz CT molecular complexity index is 127. The van der Waals surface area contributed by atoms with Crippen molar-refractivity contribution in [1.29, 1.82) is 0 Å². The van der Waals surface area contributed by atoms with Crippen LogP contribution in [0.25, 0.3) is 0 Å². The fourth-order valence-corrected chi connectivity index (χ4v) is 0.958. The zero-order valence-electron chi connectivity index (χ0n) is 8.35. The van der Waals surface area contributed by atoms with Crippen molar-refractivity contribution in [2.75, 3.05) is 19.8 Å². The molecule has 2 nitrogen and oxygen atoms in total. The molecule has 2 N–H and O–H groups in total. The Balaban J connectivity index is 3.54. The van der Waals surface area contributed by atoms with Crippen LogP contribution in [0.4, 0.5) is 8.78 Å². The number of hydrogen-bond donors (Lipinski definition) is 1. The van der Waals surface area contributed by atoms with Crippen LogP contribution in [0.2, 0.25) is 0 Å². The molecule has 80 valence electrons. The van der Waals surface area contributed by atoms with E-state index in [4.69, 9.17) is 10.5 Å². The van der Waals surface area contributed by atoms with Crippen LogP contribution in [0, 0.1) is 5.92 Å². The summed E-state index contributed by atoms with van der Waals surface area (Å²) in [6, 6.07) is 0. The molecule has 0 amide bonds. The maximum Gasteiger partial charge on any atom is 0.282 e. The molecular weight excluding hydrogens is 176 g/mol. The highest BCUT2D eigenvalue weighted by molar-refractivity contribution is 4.65. The predicted octanol–water partition coefficient (Wildman–Crippen LogP) is 2.03. The van der Waals surface area contributed by atoms with Gasteiger partial charge in [0.1, 0.15) is 6.61 Å². The Morgan fingerprint density at radius 3 is 2.23 bits per heavy atom. The van der Waals surface area contributed by atoms with Crippen molar-refractivity contribution in [3.05, 3.63) is 0 Å². The molecule has 0 bridgehead atoms. The number of rotatable bonds is 7. The topological polar surface area (TPSA) is 35.2 Å². The molecule has 0 spiro atoms. The second-order valence-electron chi connectivity index (χ2n) is 3.26. The van der Waals surface area contributed by atoms with Crippen LogP contribution in [0.1, 0.15) is 26.7 Å². The molecule has 0 aliphatic rings. The van der Waals surface area contributed by atoms with Gasteiger partial charge in [-0.15, -0.1) is 0 Å². The van der Waals surface area contributed by atoms with Crippen LogP contribution in [0.5, 0.6) is 0 Å². The Kier molecular flexibility index (Phi) is 6.16. The average Bonchev–Trinajstić information content (AvgIpc) is 2.12. The number of ether oxygens (including phenoxy) is 1. The standard InChI is InChI=1S/C9H19F2NO/c1-3-8(4-2)5-13-7-9(10,11)6-12/h8H,3-7,12H2,1-2H3. The molecule has 4 heteroatoms. The van der Waals surface area contributed by atoms with Crippen molar-refractivity contribution < 1.29 is 13.5 Å².